The van der Waals surface area contributed by atoms with Crippen LogP contribution < -0.4 is 5.73 Å². The highest BCUT2D eigenvalue weighted by Crippen LogP contribution is 2.27. The minimum Gasteiger partial charge on any atom is -0.399 e. The van der Waals surface area contributed by atoms with Crippen molar-refractivity contribution in [1.29, 1.82) is 0 Å². The van der Waals surface area contributed by atoms with E-state index >= 15 is 0 Å². The Labute approximate surface area is 96.2 Å². The second-order valence-electron chi connectivity index (χ2n) is 4.61. The number of nitrogen functional groups attached to an aromatic ring is 1. The number of carbonyl (C=O) groups is 1. The number of rotatable bonds is 1. The predicted molar refractivity (Wildman–Crippen MR) is 66.9 cm³/mol. The van der Waals surface area contributed by atoms with E-state index in [9.17, 15) is 4.79 Å². The van der Waals surface area contributed by atoms with E-state index in [0.717, 1.165) is 29.7 Å². The standard InChI is InChI=1S/C14H17NO/c1-10-2-7-14(16)12(8-10)9-11-3-5-13(15)6-4-11/h3-6,9-10H,2,7-8,15H2,1H3. The lowest BCUT2D eigenvalue weighted by Crippen LogP contribution is -2.14. The average Bonchev–Trinajstić information content (AvgIpc) is 2.27. The molecule has 0 saturated heterocycles. The summed E-state index contributed by atoms with van der Waals surface area (Å²) in [7, 11) is 0. The minimum atomic E-state index is 0.301. The van der Waals surface area contributed by atoms with Crippen molar-refractivity contribution in [3.63, 3.8) is 0 Å². The molecular weight excluding hydrogens is 198 g/mol. The fourth-order valence-corrected chi connectivity index (χ4v) is 2.06. The Hall–Kier alpha value is -1.57. The highest BCUT2D eigenvalue weighted by atomic mass is 16.1. The molecule has 2 heteroatoms. The molecule has 0 spiro atoms. The summed E-state index contributed by atoms with van der Waals surface area (Å²) in [6.45, 7) is 2.20. The predicted octanol–water partition coefficient (Wildman–Crippen LogP) is 3.04. The van der Waals surface area contributed by atoms with Crippen LogP contribution in [0, 0.1) is 5.92 Å². The van der Waals surface area contributed by atoms with E-state index in [0.29, 0.717) is 18.1 Å². The summed E-state index contributed by atoms with van der Waals surface area (Å²) in [5, 5.41) is 0. The van der Waals surface area contributed by atoms with Gasteiger partial charge in [-0.15, -0.1) is 0 Å². The molecule has 1 aliphatic carbocycles. The SMILES string of the molecule is CC1CCC(=O)C(=Cc2ccc(N)cc2)C1. The van der Waals surface area contributed by atoms with Gasteiger partial charge in [-0.1, -0.05) is 19.1 Å². The smallest absolute Gasteiger partial charge is 0.158 e. The van der Waals surface area contributed by atoms with Crippen molar-refractivity contribution in [2.24, 2.45) is 5.92 Å². The number of allylic oxidation sites excluding steroid dienone is 1. The monoisotopic (exact) mass is 215 g/mol. The summed E-state index contributed by atoms with van der Waals surface area (Å²) in [6, 6.07) is 7.63. The van der Waals surface area contributed by atoms with Crippen LogP contribution in [0.3, 0.4) is 0 Å². The Kier molecular flexibility index (Phi) is 3.09. The molecule has 1 fully saturated rings. The van der Waals surface area contributed by atoms with Crippen LogP contribution in [0.25, 0.3) is 6.08 Å². The third-order valence-corrected chi connectivity index (χ3v) is 3.07. The van der Waals surface area contributed by atoms with Crippen molar-refractivity contribution in [3.8, 4) is 0 Å². The quantitative estimate of drug-likeness (QED) is 0.578. The number of ketones is 1. The van der Waals surface area contributed by atoms with Crippen molar-refractivity contribution in [3.05, 3.63) is 35.4 Å². The van der Waals surface area contributed by atoms with Gasteiger partial charge in [0.1, 0.15) is 0 Å². The molecule has 2 N–H and O–H groups in total. The molecule has 2 nitrogen and oxygen atoms in total. The van der Waals surface area contributed by atoms with Gasteiger partial charge in [0, 0.05) is 12.1 Å². The zero-order valence-electron chi connectivity index (χ0n) is 9.57. The first-order chi connectivity index (χ1) is 7.65. The summed E-state index contributed by atoms with van der Waals surface area (Å²) in [5.41, 5.74) is 8.40. The van der Waals surface area contributed by atoms with Gasteiger partial charge in [-0.2, -0.15) is 0 Å². The number of anilines is 1. The maximum atomic E-state index is 11.7. The molecule has 0 amide bonds. The third kappa shape index (κ3) is 2.51. The van der Waals surface area contributed by atoms with Crippen LogP contribution in [-0.2, 0) is 4.79 Å². The number of hydrogen-bond donors (Lipinski definition) is 1. The number of carbonyl (C=O) groups excluding carboxylic acids is 1. The number of hydrogen-bond acceptors (Lipinski definition) is 2. The van der Waals surface area contributed by atoms with Crippen molar-refractivity contribution in [2.45, 2.75) is 26.2 Å². The van der Waals surface area contributed by atoms with Gasteiger partial charge < -0.3 is 5.73 Å². The molecule has 1 atom stereocenters. The second kappa shape index (κ2) is 4.52. The molecule has 84 valence electrons. The van der Waals surface area contributed by atoms with E-state index in [-0.39, 0.29) is 0 Å². The first kappa shape index (κ1) is 10.9. The van der Waals surface area contributed by atoms with Gasteiger partial charge in [0.2, 0.25) is 0 Å². The van der Waals surface area contributed by atoms with Crippen molar-refractivity contribution >= 4 is 17.5 Å². The lowest BCUT2D eigenvalue weighted by Gasteiger charge is -2.19. The summed E-state index contributed by atoms with van der Waals surface area (Å²) in [6.07, 6.45) is 4.63. The minimum absolute atomic E-state index is 0.301. The van der Waals surface area contributed by atoms with E-state index < -0.39 is 0 Å². The van der Waals surface area contributed by atoms with Crippen molar-refractivity contribution in [1.82, 2.24) is 0 Å². The molecule has 16 heavy (non-hydrogen) atoms. The van der Waals surface area contributed by atoms with Gasteiger partial charge >= 0.3 is 0 Å². The molecule has 0 bridgehead atoms. The fraction of sp³-hybridized carbons (Fsp3) is 0.357. The van der Waals surface area contributed by atoms with Gasteiger partial charge in [-0.05, 0) is 48.1 Å². The lowest BCUT2D eigenvalue weighted by molar-refractivity contribution is -0.116. The Morgan fingerprint density at radius 1 is 1.31 bits per heavy atom. The first-order valence-electron chi connectivity index (χ1n) is 5.74. The van der Waals surface area contributed by atoms with Crippen LogP contribution in [0.15, 0.2) is 29.8 Å². The molecule has 0 aromatic heterocycles. The summed E-state index contributed by atoms with van der Waals surface area (Å²) in [5.74, 6) is 0.924. The normalized spacial score (nSPS) is 23.7. The van der Waals surface area contributed by atoms with E-state index in [1.54, 1.807) is 0 Å². The topological polar surface area (TPSA) is 43.1 Å². The Bertz CT molecular complexity index is 417. The first-order valence-corrected chi connectivity index (χ1v) is 5.74. The van der Waals surface area contributed by atoms with Crippen LogP contribution in [0.1, 0.15) is 31.7 Å². The molecule has 2 rings (SSSR count). The number of benzene rings is 1. The van der Waals surface area contributed by atoms with Crippen molar-refractivity contribution < 1.29 is 4.79 Å². The molecule has 1 aromatic carbocycles. The number of nitrogens with two attached hydrogens (primary N) is 1. The largest absolute Gasteiger partial charge is 0.399 e. The molecule has 1 aromatic rings. The average molecular weight is 215 g/mol. The van der Waals surface area contributed by atoms with Crippen LogP contribution in [0.4, 0.5) is 5.69 Å². The van der Waals surface area contributed by atoms with Gasteiger partial charge in [0.25, 0.3) is 0 Å². The van der Waals surface area contributed by atoms with Crippen LogP contribution in [-0.4, -0.2) is 5.78 Å². The number of Topliss-reactive ketones (excluding diaryl/α,β-unsaturated/α-hetero) is 1. The lowest BCUT2D eigenvalue weighted by atomic mass is 9.85. The Balaban J connectivity index is 2.22. The van der Waals surface area contributed by atoms with Crippen LogP contribution in [0.2, 0.25) is 0 Å². The van der Waals surface area contributed by atoms with Gasteiger partial charge in [0.05, 0.1) is 0 Å². The van der Waals surface area contributed by atoms with Crippen LogP contribution >= 0.6 is 0 Å². The van der Waals surface area contributed by atoms with E-state index in [4.69, 9.17) is 5.73 Å². The molecule has 0 radical (unpaired) electrons. The molecule has 1 saturated carbocycles. The highest BCUT2D eigenvalue weighted by molar-refractivity contribution is 6.00. The Morgan fingerprint density at radius 3 is 2.69 bits per heavy atom. The summed E-state index contributed by atoms with van der Waals surface area (Å²) < 4.78 is 0. The zero-order valence-corrected chi connectivity index (χ0v) is 9.57. The van der Waals surface area contributed by atoms with Crippen molar-refractivity contribution in [2.75, 3.05) is 5.73 Å². The van der Waals surface area contributed by atoms with E-state index in [1.807, 2.05) is 30.3 Å². The van der Waals surface area contributed by atoms with Gasteiger partial charge in [-0.25, -0.2) is 0 Å². The van der Waals surface area contributed by atoms with Gasteiger partial charge in [-0.3, -0.25) is 4.79 Å². The molecule has 0 aliphatic heterocycles. The molecule has 1 unspecified atom stereocenters. The summed E-state index contributed by atoms with van der Waals surface area (Å²) in [4.78, 5) is 11.7. The fourth-order valence-electron chi connectivity index (χ4n) is 2.06. The molecular formula is C14H17NO. The zero-order chi connectivity index (χ0) is 11.5. The molecule has 1 aliphatic rings. The Morgan fingerprint density at radius 2 is 2.00 bits per heavy atom. The maximum absolute atomic E-state index is 11.7. The van der Waals surface area contributed by atoms with E-state index in [2.05, 4.69) is 6.92 Å². The third-order valence-electron chi connectivity index (χ3n) is 3.07. The highest BCUT2D eigenvalue weighted by Gasteiger charge is 2.19. The van der Waals surface area contributed by atoms with Crippen LogP contribution in [0.5, 0.6) is 0 Å². The maximum Gasteiger partial charge on any atom is 0.158 e. The van der Waals surface area contributed by atoms with Gasteiger partial charge in [0.15, 0.2) is 5.78 Å². The molecule has 0 heterocycles. The summed E-state index contributed by atoms with van der Waals surface area (Å²) >= 11 is 0. The second-order valence-corrected chi connectivity index (χ2v) is 4.61. The van der Waals surface area contributed by atoms with E-state index in [1.165, 1.54) is 0 Å².